The summed E-state index contributed by atoms with van der Waals surface area (Å²) in [6.45, 7) is 1.73. The van der Waals surface area contributed by atoms with E-state index in [2.05, 4.69) is 20.2 Å². The van der Waals surface area contributed by atoms with E-state index in [1.54, 1.807) is 13.0 Å². The molecular formula is C13H8ClF3N4S3. The molecule has 0 aliphatic rings. The predicted octanol–water partition coefficient (Wildman–Crippen LogP) is 5.34. The Balaban J connectivity index is 2.18. The van der Waals surface area contributed by atoms with Crippen molar-refractivity contribution in [2.24, 2.45) is 0 Å². The summed E-state index contributed by atoms with van der Waals surface area (Å²) in [5.41, 5.74) is -0.607. The number of hydrogen-bond donors (Lipinski definition) is 0. The summed E-state index contributed by atoms with van der Waals surface area (Å²) >= 11 is 9.44. The number of hydrogen-bond acceptors (Lipinski definition) is 7. The lowest BCUT2D eigenvalue weighted by Gasteiger charge is -2.12. The van der Waals surface area contributed by atoms with Crippen LogP contribution in [0, 0.1) is 6.92 Å². The third-order valence-corrected chi connectivity index (χ3v) is 5.94. The van der Waals surface area contributed by atoms with Gasteiger partial charge in [-0.05, 0) is 37.1 Å². The second kappa shape index (κ2) is 6.66. The van der Waals surface area contributed by atoms with Crippen molar-refractivity contribution < 1.29 is 13.2 Å². The summed E-state index contributed by atoms with van der Waals surface area (Å²) in [6.07, 6.45) is -2.81. The smallest absolute Gasteiger partial charge is 0.239 e. The normalized spacial score (nSPS) is 12.1. The van der Waals surface area contributed by atoms with Gasteiger partial charge in [0.15, 0.2) is 10.0 Å². The molecule has 2 heterocycles. The van der Waals surface area contributed by atoms with E-state index in [9.17, 15) is 13.2 Å². The Morgan fingerprint density at radius 1 is 1.12 bits per heavy atom. The van der Waals surface area contributed by atoms with Crippen molar-refractivity contribution in [3.63, 3.8) is 0 Å². The Morgan fingerprint density at radius 3 is 2.42 bits per heavy atom. The molecule has 0 N–H and O–H groups in total. The van der Waals surface area contributed by atoms with Crippen LogP contribution in [0.2, 0.25) is 5.02 Å². The quantitative estimate of drug-likeness (QED) is 0.545. The van der Waals surface area contributed by atoms with Gasteiger partial charge in [-0.1, -0.05) is 22.9 Å². The van der Waals surface area contributed by atoms with Gasteiger partial charge in [-0.3, -0.25) is 0 Å². The topological polar surface area (TPSA) is 51.6 Å². The van der Waals surface area contributed by atoms with Gasteiger partial charge < -0.3 is 0 Å². The minimum atomic E-state index is -4.63. The molecule has 0 saturated heterocycles. The lowest BCUT2D eigenvalue weighted by atomic mass is 10.3. The zero-order chi connectivity index (χ0) is 17.5. The zero-order valence-corrected chi connectivity index (χ0v) is 15.4. The van der Waals surface area contributed by atoms with Gasteiger partial charge in [0.25, 0.3) is 0 Å². The van der Waals surface area contributed by atoms with Gasteiger partial charge in [-0.2, -0.15) is 13.2 Å². The molecule has 3 rings (SSSR count). The van der Waals surface area contributed by atoms with Crippen LogP contribution in [0.15, 0.2) is 26.4 Å². The molecule has 0 bridgehead atoms. The van der Waals surface area contributed by atoms with Crippen molar-refractivity contribution in [2.75, 3.05) is 6.26 Å². The fourth-order valence-electron chi connectivity index (χ4n) is 1.86. The first kappa shape index (κ1) is 17.7. The molecule has 0 spiro atoms. The molecule has 0 aliphatic heterocycles. The third-order valence-electron chi connectivity index (χ3n) is 2.87. The van der Waals surface area contributed by atoms with Gasteiger partial charge in [0.05, 0.1) is 16.1 Å². The van der Waals surface area contributed by atoms with Crippen molar-refractivity contribution in [3.8, 4) is 0 Å². The van der Waals surface area contributed by atoms with Crippen molar-refractivity contribution >= 4 is 57.5 Å². The average Bonchev–Trinajstić information content (AvgIpc) is 2.90. The summed E-state index contributed by atoms with van der Waals surface area (Å²) in [7, 11) is 0. The van der Waals surface area contributed by atoms with E-state index < -0.39 is 11.9 Å². The number of halogens is 4. The highest BCUT2D eigenvalue weighted by Crippen LogP contribution is 2.40. The zero-order valence-electron chi connectivity index (χ0n) is 12.2. The molecule has 0 unspecified atom stereocenters. The Labute approximate surface area is 152 Å². The van der Waals surface area contributed by atoms with E-state index >= 15 is 0 Å². The van der Waals surface area contributed by atoms with E-state index in [-0.39, 0.29) is 10.5 Å². The van der Waals surface area contributed by atoms with Gasteiger partial charge in [-0.15, -0.1) is 22.0 Å². The minimum Gasteiger partial charge on any atom is -0.239 e. The lowest BCUT2D eigenvalue weighted by molar-refractivity contribution is -0.143. The molecule has 0 fully saturated rings. The van der Waals surface area contributed by atoms with E-state index in [0.29, 0.717) is 19.9 Å². The van der Waals surface area contributed by atoms with Crippen LogP contribution >= 0.6 is 46.5 Å². The largest absolute Gasteiger partial charge is 0.436 e. The van der Waals surface area contributed by atoms with E-state index in [1.165, 1.54) is 29.2 Å². The first-order chi connectivity index (χ1) is 11.3. The molecular weight excluding hydrogens is 401 g/mol. The first-order valence-corrected chi connectivity index (χ1v) is 9.62. The number of thioether (sulfide) groups is 1. The fraction of sp³-hybridized carbons (Fsp3) is 0.231. The Morgan fingerprint density at radius 2 is 1.83 bits per heavy atom. The number of alkyl halides is 3. The second-order valence-electron chi connectivity index (χ2n) is 4.54. The highest BCUT2D eigenvalue weighted by Gasteiger charge is 2.37. The summed E-state index contributed by atoms with van der Waals surface area (Å²) in [4.78, 5) is 8.61. The van der Waals surface area contributed by atoms with Crippen LogP contribution in [0.4, 0.5) is 13.2 Å². The molecule has 11 heteroatoms. The Bertz CT molecular complexity index is 913. The third kappa shape index (κ3) is 3.61. The average molecular weight is 409 g/mol. The van der Waals surface area contributed by atoms with Crippen LogP contribution in [-0.4, -0.2) is 26.4 Å². The summed E-state index contributed by atoms with van der Waals surface area (Å²) in [5, 5.41) is 8.40. The molecule has 0 saturated carbocycles. The number of aryl methyl sites for hydroxylation is 1. The Kier molecular flexibility index (Phi) is 4.92. The second-order valence-corrected chi connectivity index (χ2v) is 8.21. The van der Waals surface area contributed by atoms with Gasteiger partial charge in [-0.25, -0.2) is 9.97 Å². The molecule has 3 aromatic rings. The van der Waals surface area contributed by atoms with Gasteiger partial charge in [0, 0.05) is 4.90 Å². The fourth-order valence-corrected chi connectivity index (χ4v) is 4.56. The molecule has 0 atom stereocenters. The molecule has 24 heavy (non-hydrogen) atoms. The number of nitrogens with zero attached hydrogens (tertiary/aromatic N) is 4. The number of aromatic nitrogens is 4. The maximum Gasteiger partial charge on any atom is 0.436 e. The van der Waals surface area contributed by atoms with E-state index in [4.69, 9.17) is 11.6 Å². The van der Waals surface area contributed by atoms with Crippen LogP contribution in [-0.2, 0) is 6.18 Å². The van der Waals surface area contributed by atoms with Gasteiger partial charge in [0.1, 0.15) is 10.0 Å². The Hall–Kier alpha value is -1.10. The lowest BCUT2D eigenvalue weighted by Crippen LogP contribution is -2.11. The number of fused-ring (bicyclic) bond motifs is 1. The SMILES string of the molecule is CSc1cc2nc(Sc3nnc(C)s3)c(C(F)(F)F)nc2cc1Cl. The molecule has 1 aromatic carbocycles. The minimum absolute atomic E-state index is 0.0999. The summed E-state index contributed by atoms with van der Waals surface area (Å²) < 4.78 is 40.4. The summed E-state index contributed by atoms with van der Waals surface area (Å²) in [5.74, 6) is 0. The molecule has 126 valence electrons. The summed E-state index contributed by atoms with van der Waals surface area (Å²) in [6, 6.07) is 3.03. The van der Waals surface area contributed by atoms with Crippen molar-refractivity contribution in [1.29, 1.82) is 0 Å². The standard InChI is InChI=1S/C13H8ClF3N4S3/c1-5-20-21-12(23-5)24-11-10(13(15,16)17)18-7-3-6(14)9(22-2)4-8(7)19-11/h3-4H,1-2H3. The highest BCUT2D eigenvalue weighted by atomic mass is 35.5. The molecule has 0 radical (unpaired) electrons. The van der Waals surface area contributed by atoms with Gasteiger partial charge in [0.2, 0.25) is 0 Å². The van der Waals surface area contributed by atoms with Crippen LogP contribution in [0.25, 0.3) is 11.0 Å². The monoisotopic (exact) mass is 408 g/mol. The van der Waals surface area contributed by atoms with E-state index in [1.807, 2.05) is 6.26 Å². The van der Waals surface area contributed by atoms with Crippen molar-refractivity contribution in [2.45, 2.75) is 27.4 Å². The maximum atomic E-state index is 13.3. The molecule has 0 aliphatic carbocycles. The van der Waals surface area contributed by atoms with Gasteiger partial charge >= 0.3 is 6.18 Å². The van der Waals surface area contributed by atoms with Crippen molar-refractivity contribution in [3.05, 3.63) is 27.9 Å². The van der Waals surface area contributed by atoms with Crippen LogP contribution in [0.1, 0.15) is 10.7 Å². The van der Waals surface area contributed by atoms with Crippen LogP contribution < -0.4 is 0 Å². The number of rotatable bonds is 3. The van der Waals surface area contributed by atoms with Crippen LogP contribution in [0.5, 0.6) is 0 Å². The number of benzene rings is 1. The molecule has 4 nitrogen and oxygen atoms in total. The van der Waals surface area contributed by atoms with E-state index in [0.717, 1.165) is 16.7 Å². The highest BCUT2D eigenvalue weighted by molar-refractivity contribution is 8.01. The predicted molar refractivity (Wildman–Crippen MR) is 90.1 cm³/mol. The molecule has 2 aromatic heterocycles. The maximum absolute atomic E-state index is 13.3. The first-order valence-electron chi connectivity index (χ1n) is 6.38. The van der Waals surface area contributed by atoms with Crippen LogP contribution in [0.3, 0.4) is 0 Å². The van der Waals surface area contributed by atoms with Crippen molar-refractivity contribution in [1.82, 2.24) is 20.2 Å². The molecule has 0 amide bonds.